The zero-order chi connectivity index (χ0) is 14.3. The van der Waals surface area contributed by atoms with Gasteiger partial charge < -0.3 is 0 Å². The molecule has 0 unspecified atom stereocenters. The molecule has 0 aliphatic rings. The summed E-state index contributed by atoms with van der Waals surface area (Å²) in [7, 11) is -3.55. The first-order valence-electron chi connectivity index (χ1n) is 6.40. The van der Waals surface area contributed by atoms with Crippen LogP contribution in [0.25, 0.3) is 10.9 Å². The Hall–Kier alpha value is -2.07. The first-order chi connectivity index (χ1) is 9.51. The highest BCUT2D eigenvalue weighted by Crippen LogP contribution is 2.27. The van der Waals surface area contributed by atoms with Crippen molar-refractivity contribution in [3.63, 3.8) is 0 Å². The zero-order valence-corrected chi connectivity index (χ0v) is 12.2. The molecular weight excluding hydrogens is 270 g/mol. The highest BCUT2D eigenvalue weighted by atomic mass is 32.2. The predicted molar refractivity (Wildman–Crippen MR) is 80.4 cm³/mol. The van der Waals surface area contributed by atoms with Gasteiger partial charge in [0.25, 0.3) is 10.0 Å². The van der Waals surface area contributed by atoms with Crippen molar-refractivity contribution in [3.8, 4) is 0 Å². The number of benzene rings is 2. The van der Waals surface area contributed by atoms with Gasteiger partial charge in [-0.2, -0.15) is 0 Å². The van der Waals surface area contributed by atoms with Crippen LogP contribution in [0.2, 0.25) is 0 Å². The van der Waals surface area contributed by atoms with Crippen LogP contribution in [0.3, 0.4) is 0 Å². The summed E-state index contributed by atoms with van der Waals surface area (Å²) in [5.74, 6) is 0. The van der Waals surface area contributed by atoms with Gasteiger partial charge in [-0.25, -0.2) is 12.4 Å². The molecule has 0 amide bonds. The highest BCUT2D eigenvalue weighted by Gasteiger charge is 2.20. The second kappa shape index (κ2) is 4.49. The summed E-state index contributed by atoms with van der Waals surface area (Å²) >= 11 is 0. The van der Waals surface area contributed by atoms with Gasteiger partial charge in [0.15, 0.2) is 0 Å². The summed E-state index contributed by atoms with van der Waals surface area (Å²) < 4.78 is 26.9. The molecule has 0 saturated carbocycles. The SMILES string of the molecule is Cc1cn(S(=O)(=O)c2ccccc2)c2c(C)cccc12. The third kappa shape index (κ3) is 1.84. The van der Waals surface area contributed by atoms with Crippen LogP contribution in [0.4, 0.5) is 0 Å². The van der Waals surface area contributed by atoms with Gasteiger partial charge in [-0.05, 0) is 37.1 Å². The molecule has 1 aromatic heterocycles. The lowest BCUT2D eigenvalue weighted by atomic mass is 10.1. The Kier molecular flexibility index (Phi) is 2.91. The summed E-state index contributed by atoms with van der Waals surface area (Å²) in [4.78, 5) is 0.306. The van der Waals surface area contributed by atoms with Crippen LogP contribution in [-0.4, -0.2) is 12.4 Å². The Balaban J connectivity index is 2.36. The van der Waals surface area contributed by atoms with Crippen LogP contribution in [0.1, 0.15) is 11.1 Å². The van der Waals surface area contributed by atoms with Gasteiger partial charge in [0, 0.05) is 11.6 Å². The van der Waals surface area contributed by atoms with E-state index in [-0.39, 0.29) is 0 Å². The second-order valence-electron chi connectivity index (χ2n) is 4.90. The van der Waals surface area contributed by atoms with E-state index in [1.54, 1.807) is 30.5 Å². The molecule has 0 saturated heterocycles. The summed E-state index contributed by atoms with van der Waals surface area (Å²) in [5.41, 5.74) is 2.67. The van der Waals surface area contributed by atoms with E-state index in [0.717, 1.165) is 22.0 Å². The molecule has 0 radical (unpaired) electrons. The Bertz CT molecular complexity index is 877. The third-order valence-electron chi connectivity index (χ3n) is 3.49. The van der Waals surface area contributed by atoms with Gasteiger partial charge in [-0.3, -0.25) is 0 Å². The normalized spacial score (nSPS) is 11.9. The van der Waals surface area contributed by atoms with E-state index >= 15 is 0 Å². The average molecular weight is 285 g/mol. The van der Waals surface area contributed by atoms with E-state index in [1.165, 1.54) is 3.97 Å². The van der Waals surface area contributed by atoms with Crippen LogP contribution in [0, 0.1) is 13.8 Å². The number of hydrogen-bond acceptors (Lipinski definition) is 2. The number of rotatable bonds is 2. The number of aryl methyl sites for hydroxylation is 2. The fourth-order valence-corrected chi connectivity index (χ4v) is 3.98. The Morgan fingerprint density at radius 1 is 0.850 bits per heavy atom. The van der Waals surface area contributed by atoms with Crippen molar-refractivity contribution in [3.05, 3.63) is 65.9 Å². The maximum Gasteiger partial charge on any atom is 0.268 e. The monoisotopic (exact) mass is 285 g/mol. The van der Waals surface area contributed by atoms with E-state index in [2.05, 4.69) is 0 Å². The van der Waals surface area contributed by atoms with Crippen molar-refractivity contribution in [1.29, 1.82) is 0 Å². The predicted octanol–water partition coefficient (Wildman–Crippen LogP) is 3.50. The fraction of sp³-hybridized carbons (Fsp3) is 0.125. The number of hydrogen-bond donors (Lipinski definition) is 0. The fourth-order valence-electron chi connectivity index (χ4n) is 2.48. The molecule has 0 bridgehead atoms. The standard InChI is InChI=1S/C16H15NO2S/c1-12-7-6-10-15-13(2)11-17(16(12)15)20(18,19)14-8-4-3-5-9-14/h3-11H,1-2H3. The van der Waals surface area contributed by atoms with Gasteiger partial charge in [-0.1, -0.05) is 36.4 Å². The topological polar surface area (TPSA) is 39.1 Å². The molecule has 2 aromatic carbocycles. The molecule has 3 aromatic rings. The second-order valence-corrected chi connectivity index (χ2v) is 6.71. The summed E-state index contributed by atoms with van der Waals surface area (Å²) in [6.45, 7) is 3.86. The molecule has 3 rings (SSSR count). The molecular formula is C16H15NO2S. The minimum Gasteiger partial charge on any atom is -0.241 e. The molecule has 0 N–H and O–H groups in total. The highest BCUT2D eigenvalue weighted by molar-refractivity contribution is 7.90. The number of nitrogens with zero attached hydrogens (tertiary/aromatic N) is 1. The first-order valence-corrected chi connectivity index (χ1v) is 7.84. The average Bonchev–Trinajstić information content (AvgIpc) is 2.80. The van der Waals surface area contributed by atoms with E-state index in [4.69, 9.17) is 0 Å². The first kappa shape index (κ1) is 12.9. The Labute approximate surface area is 118 Å². The Morgan fingerprint density at radius 3 is 2.25 bits per heavy atom. The minimum atomic E-state index is -3.55. The minimum absolute atomic E-state index is 0.306. The molecule has 20 heavy (non-hydrogen) atoms. The number of para-hydroxylation sites is 1. The van der Waals surface area contributed by atoms with Gasteiger partial charge in [0.2, 0.25) is 0 Å². The third-order valence-corrected chi connectivity index (χ3v) is 5.17. The van der Waals surface area contributed by atoms with Gasteiger partial charge >= 0.3 is 0 Å². The van der Waals surface area contributed by atoms with Gasteiger partial charge in [0.05, 0.1) is 10.4 Å². The molecule has 0 atom stereocenters. The zero-order valence-electron chi connectivity index (χ0n) is 11.4. The van der Waals surface area contributed by atoms with Gasteiger partial charge in [-0.15, -0.1) is 0 Å². The summed E-state index contributed by atoms with van der Waals surface area (Å²) in [5, 5.41) is 0.976. The van der Waals surface area contributed by atoms with E-state index in [9.17, 15) is 8.42 Å². The van der Waals surface area contributed by atoms with Crippen molar-refractivity contribution in [1.82, 2.24) is 3.97 Å². The van der Waals surface area contributed by atoms with E-state index < -0.39 is 10.0 Å². The maximum absolute atomic E-state index is 12.8. The number of aromatic nitrogens is 1. The van der Waals surface area contributed by atoms with Crippen molar-refractivity contribution < 1.29 is 8.42 Å². The van der Waals surface area contributed by atoms with Crippen molar-refractivity contribution >= 4 is 20.9 Å². The van der Waals surface area contributed by atoms with Crippen LogP contribution in [0.5, 0.6) is 0 Å². The largest absolute Gasteiger partial charge is 0.268 e. The molecule has 1 heterocycles. The smallest absolute Gasteiger partial charge is 0.241 e. The summed E-state index contributed by atoms with van der Waals surface area (Å²) in [6, 6.07) is 14.3. The van der Waals surface area contributed by atoms with Crippen molar-refractivity contribution in [2.45, 2.75) is 18.7 Å². The van der Waals surface area contributed by atoms with E-state index in [0.29, 0.717) is 4.90 Å². The number of fused-ring (bicyclic) bond motifs is 1. The van der Waals surface area contributed by atoms with Gasteiger partial charge in [0.1, 0.15) is 0 Å². The molecule has 0 aliphatic carbocycles. The molecule has 0 spiro atoms. The molecule has 3 nitrogen and oxygen atoms in total. The maximum atomic E-state index is 12.8. The van der Waals surface area contributed by atoms with Crippen LogP contribution in [-0.2, 0) is 10.0 Å². The lowest BCUT2D eigenvalue weighted by Gasteiger charge is -2.08. The molecule has 102 valence electrons. The van der Waals surface area contributed by atoms with Crippen LogP contribution < -0.4 is 0 Å². The summed E-state index contributed by atoms with van der Waals surface area (Å²) in [6.07, 6.45) is 1.69. The van der Waals surface area contributed by atoms with Crippen LogP contribution in [0.15, 0.2) is 59.6 Å². The van der Waals surface area contributed by atoms with Crippen molar-refractivity contribution in [2.75, 3.05) is 0 Å². The van der Waals surface area contributed by atoms with Crippen molar-refractivity contribution in [2.24, 2.45) is 0 Å². The quantitative estimate of drug-likeness (QED) is 0.723. The van der Waals surface area contributed by atoms with E-state index in [1.807, 2.05) is 38.1 Å². The lowest BCUT2D eigenvalue weighted by molar-refractivity contribution is 0.589. The Morgan fingerprint density at radius 2 is 1.55 bits per heavy atom. The molecule has 0 fully saturated rings. The molecule has 4 heteroatoms. The molecule has 0 aliphatic heterocycles. The van der Waals surface area contributed by atoms with Crippen LogP contribution >= 0.6 is 0 Å². The lowest BCUT2D eigenvalue weighted by Crippen LogP contribution is -2.12.